The topological polar surface area (TPSA) is 70.2 Å². The maximum Gasteiger partial charge on any atom is 0.253 e. The SMILES string of the molecule is CCC(CC)(CC)NCC(=O)Nc1ccccc1C(=O)NC1CCCC1. The van der Waals surface area contributed by atoms with E-state index in [2.05, 4.69) is 36.7 Å². The number of rotatable bonds is 9. The Morgan fingerprint density at radius 1 is 1.04 bits per heavy atom. The predicted molar refractivity (Wildman–Crippen MR) is 106 cm³/mol. The smallest absolute Gasteiger partial charge is 0.253 e. The summed E-state index contributed by atoms with van der Waals surface area (Å²) >= 11 is 0. The van der Waals surface area contributed by atoms with E-state index < -0.39 is 0 Å². The van der Waals surface area contributed by atoms with Crippen LogP contribution in [0.2, 0.25) is 0 Å². The number of amides is 2. The van der Waals surface area contributed by atoms with Gasteiger partial charge < -0.3 is 16.0 Å². The molecule has 1 aromatic carbocycles. The molecular weight excluding hydrogens is 326 g/mol. The number of hydrogen-bond acceptors (Lipinski definition) is 3. The van der Waals surface area contributed by atoms with E-state index in [-0.39, 0.29) is 29.9 Å². The second-order valence-corrected chi connectivity index (χ2v) is 7.24. The molecule has 3 N–H and O–H groups in total. The summed E-state index contributed by atoms with van der Waals surface area (Å²) in [7, 11) is 0. The zero-order valence-corrected chi connectivity index (χ0v) is 16.4. The van der Waals surface area contributed by atoms with Gasteiger partial charge in [-0.3, -0.25) is 9.59 Å². The van der Waals surface area contributed by atoms with Crippen LogP contribution in [0.25, 0.3) is 0 Å². The number of carbonyl (C=O) groups is 2. The molecule has 5 heteroatoms. The Bertz CT molecular complexity index is 597. The molecule has 26 heavy (non-hydrogen) atoms. The molecule has 1 aliphatic rings. The Hall–Kier alpha value is -1.88. The Morgan fingerprint density at radius 3 is 2.27 bits per heavy atom. The Morgan fingerprint density at radius 2 is 1.65 bits per heavy atom. The molecule has 2 amide bonds. The van der Waals surface area contributed by atoms with Crippen LogP contribution >= 0.6 is 0 Å². The number of para-hydroxylation sites is 1. The zero-order valence-electron chi connectivity index (χ0n) is 16.4. The van der Waals surface area contributed by atoms with Crippen molar-refractivity contribution in [1.82, 2.24) is 10.6 Å². The van der Waals surface area contributed by atoms with Gasteiger partial charge in [-0.25, -0.2) is 0 Å². The van der Waals surface area contributed by atoms with Gasteiger partial charge in [0.05, 0.1) is 17.8 Å². The van der Waals surface area contributed by atoms with Gasteiger partial charge in [0.2, 0.25) is 5.91 Å². The van der Waals surface area contributed by atoms with Crippen LogP contribution < -0.4 is 16.0 Å². The largest absolute Gasteiger partial charge is 0.349 e. The number of carbonyl (C=O) groups excluding carboxylic acids is 2. The quantitative estimate of drug-likeness (QED) is 0.627. The summed E-state index contributed by atoms with van der Waals surface area (Å²) in [5, 5.41) is 9.38. The first-order valence-electron chi connectivity index (χ1n) is 9.98. The maximum absolute atomic E-state index is 12.6. The highest BCUT2D eigenvalue weighted by Gasteiger charge is 2.24. The second kappa shape index (κ2) is 9.72. The van der Waals surface area contributed by atoms with Crippen molar-refractivity contribution in [3.8, 4) is 0 Å². The lowest BCUT2D eigenvalue weighted by atomic mass is 9.90. The second-order valence-electron chi connectivity index (χ2n) is 7.24. The molecule has 0 bridgehead atoms. The van der Waals surface area contributed by atoms with Crippen LogP contribution in [-0.2, 0) is 4.79 Å². The fourth-order valence-corrected chi connectivity index (χ4v) is 3.71. The lowest BCUT2D eigenvalue weighted by Crippen LogP contribution is -2.47. The van der Waals surface area contributed by atoms with Gasteiger partial charge >= 0.3 is 0 Å². The van der Waals surface area contributed by atoms with Crippen molar-refractivity contribution in [2.24, 2.45) is 0 Å². The third kappa shape index (κ3) is 5.31. The third-order valence-electron chi connectivity index (χ3n) is 5.79. The average Bonchev–Trinajstić information content (AvgIpc) is 3.17. The van der Waals surface area contributed by atoms with Crippen LogP contribution in [0.4, 0.5) is 5.69 Å². The molecule has 0 aromatic heterocycles. The highest BCUT2D eigenvalue weighted by molar-refractivity contribution is 6.04. The van der Waals surface area contributed by atoms with Crippen LogP contribution in [0, 0.1) is 0 Å². The summed E-state index contributed by atoms with van der Waals surface area (Å²) in [6.07, 6.45) is 7.36. The van der Waals surface area contributed by atoms with Gasteiger partial charge in [0.25, 0.3) is 5.91 Å². The average molecular weight is 360 g/mol. The van der Waals surface area contributed by atoms with Crippen LogP contribution in [0.3, 0.4) is 0 Å². The molecule has 0 unspecified atom stereocenters. The molecule has 1 aliphatic carbocycles. The molecule has 0 saturated heterocycles. The van der Waals surface area contributed by atoms with E-state index >= 15 is 0 Å². The number of benzene rings is 1. The minimum atomic E-state index is -0.120. The predicted octanol–water partition coefficient (Wildman–Crippen LogP) is 3.86. The first kappa shape index (κ1) is 20.4. The maximum atomic E-state index is 12.6. The van der Waals surface area contributed by atoms with E-state index in [1.807, 2.05) is 12.1 Å². The lowest BCUT2D eigenvalue weighted by molar-refractivity contribution is -0.115. The van der Waals surface area contributed by atoms with Crippen molar-refractivity contribution < 1.29 is 9.59 Å². The molecule has 0 atom stereocenters. The molecule has 1 saturated carbocycles. The molecule has 144 valence electrons. The number of hydrogen-bond donors (Lipinski definition) is 3. The van der Waals surface area contributed by atoms with E-state index in [4.69, 9.17) is 0 Å². The summed E-state index contributed by atoms with van der Waals surface area (Å²) in [5.41, 5.74) is 1.10. The Balaban J connectivity index is 1.98. The highest BCUT2D eigenvalue weighted by atomic mass is 16.2. The van der Waals surface area contributed by atoms with Crippen LogP contribution in [0.15, 0.2) is 24.3 Å². The molecule has 1 aromatic rings. The Labute approximate surface area is 157 Å². The molecule has 1 fully saturated rings. The van der Waals surface area contributed by atoms with E-state index in [0.29, 0.717) is 11.3 Å². The third-order valence-corrected chi connectivity index (χ3v) is 5.79. The minimum absolute atomic E-state index is 0.00327. The molecule has 0 aliphatic heterocycles. The van der Waals surface area contributed by atoms with Crippen molar-refractivity contribution in [2.75, 3.05) is 11.9 Å². The molecule has 2 rings (SSSR count). The molecule has 5 nitrogen and oxygen atoms in total. The van der Waals surface area contributed by atoms with Crippen molar-refractivity contribution >= 4 is 17.5 Å². The van der Waals surface area contributed by atoms with Crippen molar-refractivity contribution in [1.29, 1.82) is 0 Å². The molecule has 0 heterocycles. The fourth-order valence-electron chi connectivity index (χ4n) is 3.71. The van der Waals surface area contributed by atoms with Crippen molar-refractivity contribution in [2.45, 2.75) is 77.3 Å². The summed E-state index contributed by atoms with van der Waals surface area (Å²) < 4.78 is 0. The lowest BCUT2D eigenvalue weighted by Gasteiger charge is -2.31. The van der Waals surface area contributed by atoms with Crippen LogP contribution in [0.1, 0.15) is 76.1 Å². The summed E-state index contributed by atoms with van der Waals surface area (Å²) in [4.78, 5) is 25.0. The summed E-state index contributed by atoms with van der Waals surface area (Å²) in [6, 6.07) is 7.47. The summed E-state index contributed by atoms with van der Waals surface area (Å²) in [6.45, 7) is 6.66. The molecular formula is C21H33N3O2. The van der Waals surface area contributed by atoms with Gasteiger partial charge in [-0.15, -0.1) is 0 Å². The highest BCUT2D eigenvalue weighted by Crippen LogP contribution is 2.21. The number of anilines is 1. The van der Waals surface area contributed by atoms with Crippen LogP contribution in [0.5, 0.6) is 0 Å². The zero-order chi connectivity index (χ0) is 19.0. The van der Waals surface area contributed by atoms with Crippen LogP contribution in [-0.4, -0.2) is 29.9 Å². The first-order valence-corrected chi connectivity index (χ1v) is 9.98. The van der Waals surface area contributed by atoms with E-state index in [0.717, 1.165) is 32.1 Å². The van der Waals surface area contributed by atoms with Crippen molar-refractivity contribution in [3.63, 3.8) is 0 Å². The Kier molecular flexibility index (Phi) is 7.64. The standard InChI is InChI=1S/C21H33N3O2/c1-4-21(5-2,6-3)22-15-19(25)24-18-14-10-9-13-17(18)20(26)23-16-11-7-8-12-16/h9-10,13-14,16,22H,4-8,11-12,15H2,1-3H3,(H,23,26)(H,24,25). The van der Waals surface area contributed by atoms with Gasteiger partial charge in [-0.1, -0.05) is 45.7 Å². The van der Waals surface area contributed by atoms with Gasteiger partial charge in [-0.2, -0.15) is 0 Å². The summed E-state index contributed by atoms with van der Waals surface area (Å²) in [5.74, 6) is -0.225. The molecule has 0 radical (unpaired) electrons. The fraction of sp³-hybridized carbons (Fsp3) is 0.619. The normalized spacial score (nSPS) is 15.0. The van der Waals surface area contributed by atoms with E-state index in [1.54, 1.807) is 12.1 Å². The van der Waals surface area contributed by atoms with Gasteiger partial charge in [0, 0.05) is 11.6 Å². The van der Waals surface area contributed by atoms with E-state index in [1.165, 1.54) is 12.8 Å². The van der Waals surface area contributed by atoms with Gasteiger partial charge in [-0.05, 0) is 44.2 Å². The van der Waals surface area contributed by atoms with Crippen molar-refractivity contribution in [3.05, 3.63) is 29.8 Å². The number of nitrogens with one attached hydrogen (secondary N) is 3. The van der Waals surface area contributed by atoms with Gasteiger partial charge in [0.15, 0.2) is 0 Å². The first-order chi connectivity index (χ1) is 12.5. The monoisotopic (exact) mass is 359 g/mol. The minimum Gasteiger partial charge on any atom is -0.349 e. The van der Waals surface area contributed by atoms with Gasteiger partial charge in [0.1, 0.15) is 0 Å². The van der Waals surface area contributed by atoms with E-state index in [9.17, 15) is 9.59 Å². The molecule has 0 spiro atoms.